The van der Waals surface area contributed by atoms with Crippen molar-refractivity contribution in [3.05, 3.63) is 59.3 Å². The first-order valence-electron chi connectivity index (χ1n) is 12.9. The molecule has 6 nitrogen and oxygen atoms in total. The average molecular weight is 501 g/mol. The lowest BCUT2D eigenvalue weighted by atomic mass is 9.94. The molecule has 2 aliphatic carbocycles. The quantitative estimate of drug-likeness (QED) is 0.535. The van der Waals surface area contributed by atoms with Gasteiger partial charge < -0.3 is 20.3 Å². The van der Waals surface area contributed by atoms with E-state index in [9.17, 15) is 4.79 Å². The number of anilines is 1. The Bertz CT molecular complexity index is 898. The second kappa shape index (κ2) is 14.2. The Balaban J connectivity index is 0.000000225. The van der Waals surface area contributed by atoms with Gasteiger partial charge in [-0.15, -0.1) is 0 Å². The monoisotopic (exact) mass is 500 g/mol. The standard InChI is InChI=1S/C19H30N2O.C9H11ClN2O/c1-16(2)22-19-11-7-6-10-18(19)21-14-12-20(13-15-21)17-8-4-3-5-9-17;1-11-9(13)12-8-6-4-2-3-5-7(8)10/h6-7,10-11,16-17H,3-5,8-9,12-15H2,1-2H3;2-5H,6H2,1H3,(H2,11,12,13). The number of hydrogen-bond donors (Lipinski definition) is 2. The molecule has 0 atom stereocenters. The largest absolute Gasteiger partial charge is 0.489 e. The number of ether oxygens (including phenoxy) is 1. The van der Waals surface area contributed by atoms with Crippen LogP contribution in [0.5, 0.6) is 5.75 Å². The number of nitrogens with one attached hydrogen (secondary N) is 2. The van der Waals surface area contributed by atoms with Gasteiger partial charge in [0.1, 0.15) is 5.75 Å². The summed E-state index contributed by atoms with van der Waals surface area (Å²) in [6.07, 6.45) is 15.4. The summed E-state index contributed by atoms with van der Waals surface area (Å²) in [5.74, 6) is 1.03. The fourth-order valence-electron chi connectivity index (χ4n) is 4.76. The number of benzene rings is 1. The van der Waals surface area contributed by atoms with Gasteiger partial charge in [-0.25, -0.2) is 4.79 Å². The van der Waals surface area contributed by atoms with Crippen LogP contribution in [0.2, 0.25) is 0 Å². The molecule has 4 rings (SSSR count). The molecule has 0 bridgehead atoms. The number of para-hydroxylation sites is 2. The van der Waals surface area contributed by atoms with Crippen molar-refractivity contribution in [2.45, 2.75) is 64.5 Å². The van der Waals surface area contributed by atoms with E-state index in [1.165, 1.54) is 50.9 Å². The van der Waals surface area contributed by atoms with Crippen LogP contribution in [0, 0.1) is 0 Å². The summed E-state index contributed by atoms with van der Waals surface area (Å²) in [6.45, 7) is 8.82. The Hall–Kier alpha value is -2.44. The molecule has 1 aromatic carbocycles. The molecule has 1 aromatic rings. The lowest BCUT2D eigenvalue weighted by Gasteiger charge is -2.41. The molecule has 3 aliphatic rings. The first kappa shape index (κ1) is 27.2. The zero-order valence-corrected chi connectivity index (χ0v) is 22.2. The smallest absolute Gasteiger partial charge is 0.318 e. The highest BCUT2D eigenvalue weighted by Gasteiger charge is 2.26. The van der Waals surface area contributed by atoms with E-state index in [1.807, 2.05) is 18.2 Å². The van der Waals surface area contributed by atoms with E-state index in [1.54, 1.807) is 13.1 Å². The number of hydrogen-bond acceptors (Lipinski definition) is 4. The van der Waals surface area contributed by atoms with E-state index in [-0.39, 0.29) is 12.1 Å². The minimum Gasteiger partial charge on any atom is -0.489 e. The number of rotatable bonds is 5. The number of nitrogens with zero attached hydrogens (tertiary/aromatic N) is 2. The van der Waals surface area contributed by atoms with Crippen molar-refractivity contribution in [2.75, 3.05) is 38.1 Å². The van der Waals surface area contributed by atoms with Gasteiger partial charge in [0.25, 0.3) is 0 Å². The summed E-state index contributed by atoms with van der Waals surface area (Å²) in [7, 11) is 1.56. The van der Waals surface area contributed by atoms with Gasteiger partial charge in [0, 0.05) is 51.4 Å². The predicted octanol–water partition coefficient (Wildman–Crippen LogP) is 5.81. The maximum Gasteiger partial charge on any atom is 0.318 e. The number of allylic oxidation sites excluding steroid dienone is 5. The fourth-order valence-corrected chi connectivity index (χ4v) is 4.96. The topological polar surface area (TPSA) is 56.8 Å². The lowest BCUT2D eigenvalue weighted by Crippen LogP contribution is -2.50. The number of carbonyl (C=O) groups is 1. The molecule has 0 aromatic heterocycles. The normalized spacial score (nSPS) is 19.2. The molecule has 2 amide bonds. The second-order valence-electron chi connectivity index (χ2n) is 9.47. The Morgan fingerprint density at radius 3 is 2.46 bits per heavy atom. The van der Waals surface area contributed by atoms with Gasteiger partial charge in [-0.1, -0.05) is 61.2 Å². The molecule has 1 heterocycles. The highest BCUT2D eigenvalue weighted by atomic mass is 35.5. The van der Waals surface area contributed by atoms with Gasteiger partial charge in [-0.2, -0.15) is 0 Å². The fraction of sp³-hybridized carbons (Fsp3) is 0.536. The van der Waals surface area contributed by atoms with Crippen LogP contribution < -0.4 is 20.3 Å². The average Bonchev–Trinajstić information content (AvgIpc) is 3.09. The van der Waals surface area contributed by atoms with Gasteiger partial charge in [0.05, 0.1) is 16.8 Å². The molecule has 7 heteroatoms. The summed E-state index contributed by atoms with van der Waals surface area (Å²) in [5.41, 5.74) is 1.98. The second-order valence-corrected chi connectivity index (χ2v) is 9.88. The van der Waals surface area contributed by atoms with Gasteiger partial charge in [-0.3, -0.25) is 4.90 Å². The third kappa shape index (κ3) is 8.62. The van der Waals surface area contributed by atoms with Crippen LogP contribution in [0.4, 0.5) is 10.5 Å². The first-order chi connectivity index (χ1) is 17.0. The van der Waals surface area contributed by atoms with Crippen molar-refractivity contribution in [1.82, 2.24) is 15.5 Å². The van der Waals surface area contributed by atoms with Crippen molar-refractivity contribution in [3.8, 4) is 5.75 Å². The third-order valence-corrected chi connectivity index (χ3v) is 6.92. The molecular formula is C28H41ClN4O2. The maximum absolute atomic E-state index is 11.0. The van der Waals surface area contributed by atoms with Crippen LogP contribution in [0.3, 0.4) is 0 Å². The minimum absolute atomic E-state index is 0.227. The van der Waals surface area contributed by atoms with Gasteiger partial charge in [0.15, 0.2) is 0 Å². The Morgan fingerprint density at radius 1 is 1.06 bits per heavy atom. The summed E-state index contributed by atoms with van der Waals surface area (Å²) >= 11 is 5.90. The zero-order chi connectivity index (χ0) is 25.0. The summed E-state index contributed by atoms with van der Waals surface area (Å²) < 4.78 is 5.99. The Kier molecular flexibility index (Phi) is 11.0. The van der Waals surface area contributed by atoms with Crippen LogP contribution in [0.1, 0.15) is 52.4 Å². The highest BCUT2D eigenvalue weighted by Crippen LogP contribution is 2.31. The van der Waals surface area contributed by atoms with Crippen LogP contribution in [0.15, 0.2) is 59.3 Å². The molecular weight excluding hydrogens is 460 g/mol. The van der Waals surface area contributed by atoms with Gasteiger partial charge in [0.2, 0.25) is 0 Å². The molecule has 0 unspecified atom stereocenters. The summed E-state index contributed by atoms with van der Waals surface area (Å²) in [6, 6.07) is 9.08. The van der Waals surface area contributed by atoms with Gasteiger partial charge >= 0.3 is 6.03 Å². The summed E-state index contributed by atoms with van der Waals surface area (Å²) in [5, 5.41) is 5.68. The van der Waals surface area contributed by atoms with Crippen LogP contribution in [-0.4, -0.2) is 56.3 Å². The number of piperazine rings is 1. The van der Waals surface area contributed by atoms with E-state index in [2.05, 4.69) is 58.5 Å². The molecule has 2 N–H and O–H groups in total. The predicted molar refractivity (Wildman–Crippen MR) is 146 cm³/mol. The molecule has 35 heavy (non-hydrogen) atoms. The molecule has 2 fully saturated rings. The first-order valence-corrected chi connectivity index (χ1v) is 13.3. The van der Waals surface area contributed by atoms with Crippen LogP contribution in [-0.2, 0) is 0 Å². The number of halogens is 1. The van der Waals surface area contributed by atoms with Crippen LogP contribution >= 0.6 is 11.6 Å². The highest BCUT2D eigenvalue weighted by molar-refractivity contribution is 6.31. The van der Waals surface area contributed by atoms with Gasteiger partial charge in [-0.05, 0) is 44.9 Å². The number of urea groups is 1. The van der Waals surface area contributed by atoms with E-state index in [4.69, 9.17) is 16.3 Å². The molecule has 1 aliphatic heterocycles. The Morgan fingerprint density at radius 2 is 1.77 bits per heavy atom. The number of amides is 2. The van der Waals surface area contributed by atoms with E-state index < -0.39 is 0 Å². The van der Waals surface area contributed by atoms with Crippen molar-refractivity contribution in [2.24, 2.45) is 0 Å². The van der Waals surface area contributed by atoms with Crippen molar-refractivity contribution >= 4 is 23.3 Å². The van der Waals surface area contributed by atoms with E-state index >= 15 is 0 Å². The molecule has 192 valence electrons. The molecule has 0 radical (unpaired) electrons. The maximum atomic E-state index is 11.0. The molecule has 1 saturated heterocycles. The zero-order valence-electron chi connectivity index (χ0n) is 21.4. The third-order valence-electron chi connectivity index (χ3n) is 6.57. The van der Waals surface area contributed by atoms with Crippen molar-refractivity contribution < 1.29 is 9.53 Å². The number of carbonyl (C=O) groups excluding carboxylic acids is 1. The SMILES string of the molecule is CC(C)Oc1ccccc1N1CCN(C2CCCCC2)CC1.CNC(=O)NC1=C(Cl)C=CC=CC1. The lowest BCUT2D eigenvalue weighted by molar-refractivity contribution is 0.147. The minimum atomic E-state index is -0.253. The van der Waals surface area contributed by atoms with Crippen molar-refractivity contribution in [3.63, 3.8) is 0 Å². The van der Waals surface area contributed by atoms with Crippen molar-refractivity contribution in [1.29, 1.82) is 0 Å². The summed E-state index contributed by atoms with van der Waals surface area (Å²) in [4.78, 5) is 16.2. The molecule has 0 spiro atoms. The van der Waals surface area contributed by atoms with E-state index in [0.717, 1.165) is 24.9 Å². The Labute approximate surface area is 216 Å². The van der Waals surface area contributed by atoms with E-state index in [0.29, 0.717) is 17.2 Å². The molecule has 1 saturated carbocycles. The van der Waals surface area contributed by atoms with Crippen LogP contribution in [0.25, 0.3) is 0 Å².